The number of fused-ring (bicyclic) bond motifs is 2. The molecule has 0 spiro atoms. The first-order valence-electron chi connectivity index (χ1n) is 8.02. The van der Waals surface area contributed by atoms with Gasteiger partial charge in [0.15, 0.2) is 0 Å². The van der Waals surface area contributed by atoms with Crippen LogP contribution in [-0.4, -0.2) is 23.1 Å². The van der Waals surface area contributed by atoms with Crippen molar-refractivity contribution in [2.45, 2.75) is 51.3 Å². The quantitative estimate of drug-likeness (QED) is 0.824. The molecule has 2 heterocycles. The van der Waals surface area contributed by atoms with E-state index in [-0.39, 0.29) is 12.1 Å². The number of rotatable bonds is 3. The van der Waals surface area contributed by atoms with Gasteiger partial charge in [-0.05, 0) is 43.7 Å². The average Bonchev–Trinajstić information content (AvgIpc) is 2.81. The third kappa shape index (κ3) is 2.94. The Morgan fingerprint density at radius 3 is 2.77 bits per heavy atom. The van der Waals surface area contributed by atoms with Crippen LogP contribution in [0.2, 0.25) is 0 Å². The third-order valence-corrected chi connectivity index (χ3v) is 4.63. The van der Waals surface area contributed by atoms with Crippen molar-refractivity contribution in [1.29, 1.82) is 0 Å². The molecule has 2 bridgehead atoms. The summed E-state index contributed by atoms with van der Waals surface area (Å²) in [5.74, 6) is 0. The molecule has 3 nitrogen and oxygen atoms in total. The maximum Gasteiger partial charge on any atom is 0.410 e. The summed E-state index contributed by atoms with van der Waals surface area (Å²) >= 11 is 0. The summed E-state index contributed by atoms with van der Waals surface area (Å²) in [5.41, 5.74) is 3.30. The fourth-order valence-corrected chi connectivity index (χ4v) is 3.57. The molecule has 0 aromatic heterocycles. The summed E-state index contributed by atoms with van der Waals surface area (Å²) in [7, 11) is 0. The van der Waals surface area contributed by atoms with Gasteiger partial charge in [-0.2, -0.15) is 0 Å². The van der Waals surface area contributed by atoms with E-state index in [1.165, 1.54) is 5.57 Å². The fourth-order valence-electron chi connectivity index (χ4n) is 3.57. The van der Waals surface area contributed by atoms with Crippen LogP contribution in [-0.2, 0) is 11.3 Å². The van der Waals surface area contributed by atoms with Gasteiger partial charge in [0.05, 0.1) is 6.04 Å². The Morgan fingerprint density at radius 2 is 2.05 bits per heavy atom. The highest BCUT2D eigenvalue weighted by Gasteiger charge is 2.40. The zero-order chi connectivity index (χ0) is 15.5. The van der Waals surface area contributed by atoms with Gasteiger partial charge in [-0.15, -0.1) is 0 Å². The lowest BCUT2D eigenvalue weighted by Gasteiger charge is -2.29. The Morgan fingerprint density at radius 1 is 1.27 bits per heavy atom. The molecule has 0 saturated carbocycles. The zero-order valence-electron chi connectivity index (χ0n) is 13.1. The number of carbonyl (C=O) groups is 1. The standard InChI is InChI=1S/C19H23NO2/c1-14(2)17-10-6-9-16-11-12-18(17)20(16)19(21)22-13-15-7-4-3-5-8-15/h3-5,7-8,10,16,18H,1,6,9,11-13H2,2H3. The van der Waals surface area contributed by atoms with Gasteiger partial charge in [-0.3, -0.25) is 4.90 Å². The van der Waals surface area contributed by atoms with Gasteiger partial charge >= 0.3 is 6.09 Å². The van der Waals surface area contributed by atoms with Crippen LogP contribution >= 0.6 is 0 Å². The zero-order valence-corrected chi connectivity index (χ0v) is 13.1. The summed E-state index contributed by atoms with van der Waals surface area (Å²) in [5, 5.41) is 0. The molecular weight excluding hydrogens is 274 g/mol. The van der Waals surface area contributed by atoms with E-state index in [0.29, 0.717) is 12.6 Å². The number of hydrogen-bond donors (Lipinski definition) is 0. The number of hydrogen-bond acceptors (Lipinski definition) is 2. The van der Waals surface area contributed by atoms with Crippen LogP contribution in [0.15, 0.2) is 54.1 Å². The molecule has 0 radical (unpaired) electrons. The molecule has 2 atom stereocenters. The van der Waals surface area contributed by atoms with Crippen molar-refractivity contribution < 1.29 is 9.53 Å². The number of ether oxygens (including phenoxy) is 1. The molecule has 2 aliphatic heterocycles. The predicted octanol–water partition coefficient (Wildman–Crippen LogP) is 4.45. The molecule has 1 aromatic rings. The lowest BCUT2D eigenvalue weighted by atomic mass is 9.95. The van der Waals surface area contributed by atoms with E-state index in [0.717, 1.165) is 36.8 Å². The van der Waals surface area contributed by atoms with Crippen molar-refractivity contribution in [3.63, 3.8) is 0 Å². The topological polar surface area (TPSA) is 29.5 Å². The molecule has 22 heavy (non-hydrogen) atoms. The highest BCUT2D eigenvalue weighted by molar-refractivity contribution is 5.70. The molecule has 3 heteroatoms. The largest absolute Gasteiger partial charge is 0.445 e. The van der Waals surface area contributed by atoms with E-state index in [9.17, 15) is 4.79 Å². The van der Waals surface area contributed by atoms with Crippen molar-refractivity contribution in [1.82, 2.24) is 4.90 Å². The highest BCUT2D eigenvalue weighted by Crippen LogP contribution is 2.37. The van der Waals surface area contributed by atoms with Gasteiger partial charge in [0, 0.05) is 6.04 Å². The van der Waals surface area contributed by atoms with Crippen LogP contribution in [0.5, 0.6) is 0 Å². The van der Waals surface area contributed by atoms with Gasteiger partial charge in [-0.25, -0.2) is 4.79 Å². The van der Waals surface area contributed by atoms with Gasteiger partial charge in [0.1, 0.15) is 6.61 Å². The maximum absolute atomic E-state index is 12.6. The van der Waals surface area contributed by atoms with Crippen molar-refractivity contribution in [3.05, 3.63) is 59.7 Å². The number of nitrogens with zero attached hydrogens (tertiary/aromatic N) is 1. The van der Waals surface area contributed by atoms with E-state index < -0.39 is 0 Å². The summed E-state index contributed by atoms with van der Waals surface area (Å²) in [4.78, 5) is 14.6. The van der Waals surface area contributed by atoms with Crippen LogP contribution in [0, 0.1) is 0 Å². The number of benzene rings is 1. The van der Waals surface area contributed by atoms with E-state index in [1.807, 2.05) is 42.2 Å². The summed E-state index contributed by atoms with van der Waals surface area (Å²) in [6, 6.07) is 10.3. The minimum absolute atomic E-state index is 0.147. The monoisotopic (exact) mass is 297 g/mol. The minimum Gasteiger partial charge on any atom is -0.445 e. The molecule has 1 amide bonds. The fraction of sp³-hybridized carbons (Fsp3) is 0.421. The molecule has 2 unspecified atom stereocenters. The van der Waals surface area contributed by atoms with Crippen molar-refractivity contribution in [2.24, 2.45) is 0 Å². The molecule has 2 aliphatic rings. The number of allylic oxidation sites excluding steroid dienone is 1. The summed E-state index contributed by atoms with van der Waals surface area (Å²) < 4.78 is 5.56. The molecule has 116 valence electrons. The van der Waals surface area contributed by atoms with Crippen LogP contribution in [0.4, 0.5) is 4.79 Å². The second-order valence-electron chi connectivity index (χ2n) is 6.21. The van der Waals surface area contributed by atoms with Crippen LogP contribution in [0.3, 0.4) is 0 Å². The molecule has 0 N–H and O–H groups in total. The number of amides is 1. The second-order valence-corrected chi connectivity index (χ2v) is 6.21. The van der Waals surface area contributed by atoms with E-state index in [4.69, 9.17) is 4.74 Å². The maximum atomic E-state index is 12.6. The Hall–Kier alpha value is -2.03. The first kappa shape index (κ1) is 14.9. The smallest absolute Gasteiger partial charge is 0.410 e. The van der Waals surface area contributed by atoms with Crippen LogP contribution in [0.25, 0.3) is 0 Å². The van der Waals surface area contributed by atoms with Gasteiger partial charge in [0.2, 0.25) is 0 Å². The lowest BCUT2D eigenvalue weighted by molar-refractivity contribution is 0.0830. The van der Waals surface area contributed by atoms with Crippen LogP contribution in [0.1, 0.15) is 38.2 Å². The lowest BCUT2D eigenvalue weighted by Crippen LogP contribution is -2.41. The first-order chi connectivity index (χ1) is 10.7. The van der Waals surface area contributed by atoms with Crippen molar-refractivity contribution in [3.8, 4) is 0 Å². The van der Waals surface area contributed by atoms with Crippen LogP contribution < -0.4 is 0 Å². The Kier molecular flexibility index (Phi) is 4.32. The van der Waals surface area contributed by atoms with E-state index in [2.05, 4.69) is 12.7 Å². The SMILES string of the molecule is C=C(C)C1=CCCC2CCC1N2C(=O)OCc1ccccc1. The number of carbonyl (C=O) groups excluding carboxylic acids is 1. The second kappa shape index (κ2) is 6.39. The van der Waals surface area contributed by atoms with Gasteiger partial charge in [-0.1, -0.05) is 48.6 Å². The Balaban J connectivity index is 1.71. The van der Waals surface area contributed by atoms with E-state index in [1.54, 1.807) is 0 Å². The Labute approximate surface area is 132 Å². The third-order valence-electron chi connectivity index (χ3n) is 4.63. The van der Waals surface area contributed by atoms with Gasteiger partial charge < -0.3 is 4.74 Å². The van der Waals surface area contributed by atoms with Crippen molar-refractivity contribution in [2.75, 3.05) is 0 Å². The van der Waals surface area contributed by atoms with Gasteiger partial charge in [0.25, 0.3) is 0 Å². The highest BCUT2D eigenvalue weighted by atomic mass is 16.6. The first-order valence-corrected chi connectivity index (χ1v) is 8.02. The Bertz CT molecular complexity index is 591. The minimum atomic E-state index is -0.189. The normalized spacial score (nSPS) is 23.7. The predicted molar refractivity (Wildman–Crippen MR) is 87.4 cm³/mol. The molecule has 0 aliphatic carbocycles. The van der Waals surface area contributed by atoms with E-state index >= 15 is 0 Å². The molecular formula is C19H23NO2. The summed E-state index contributed by atoms with van der Waals surface area (Å²) in [6.07, 6.45) is 6.19. The molecule has 1 saturated heterocycles. The van der Waals surface area contributed by atoms with Crippen molar-refractivity contribution >= 4 is 6.09 Å². The summed E-state index contributed by atoms with van der Waals surface area (Å²) in [6.45, 7) is 6.44. The molecule has 1 fully saturated rings. The average molecular weight is 297 g/mol. The molecule has 3 rings (SSSR count). The molecule has 1 aromatic carbocycles.